The van der Waals surface area contributed by atoms with Crippen LogP contribution in [0, 0.1) is 0 Å². The number of aromatic nitrogens is 2. The average molecular weight is 491 g/mol. The highest BCUT2D eigenvalue weighted by molar-refractivity contribution is 6.30. The van der Waals surface area contributed by atoms with Crippen LogP contribution in [-0.4, -0.2) is 64.4 Å². The molecule has 0 aliphatic heterocycles. The summed E-state index contributed by atoms with van der Waals surface area (Å²) < 4.78 is 15.8. The van der Waals surface area contributed by atoms with E-state index in [-0.39, 0.29) is 31.0 Å². The van der Waals surface area contributed by atoms with E-state index in [1.165, 1.54) is 19.5 Å². The van der Waals surface area contributed by atoms with Gasteiger partial charge in [-0.15, -0.1) is 0 Å². The monoisotopic (exact) mass is 490 g/mol. The number of carbonyl (C=O) groups excluding carboxylic acids is 2. The fraction of sp³-hybridized carbons (Fsp3) is 0.478. The van der Waals surface area contributed by atoms with E-state index < -0.39 is 17.2 Å². The van der Waals surface area contributed by atoms with E-state index in [4.69, 9.17) is 25.8 Å². The molecule has 3 fully saturated rings. The second kappa shape index (κ2) is 10.0. The molecular weight excluding hydrogens is 464 g/mol. The molecule has 34 heavy (non-hydrogen) atoms. The molecular formula is C23H27ClN4O6. The summed E-state index contributed by atoms with van der Waals surface area (Å²) in [5.74, 6) is 0.290. The first kappa shape index (κ1) is 24.0. The third-order valence-corrected chi connectivity index (χ3v) is 6.71. The largest absolute Gasteiger partial charge is 0.484 e. The van der Waals surface area contributed by atoms with Gasteiger partial charge in [-0.25, -0.2) is 0 Å². The van der Waals surface area contributed by atoms with Crippen molar-refractivity contribution in [3.63, 3.8) is 0 Å². The lowest BCUT2D eigenvalue weighted by Crippen LogP contribution is -2.70. The highest BCUT2D eigenvalue weighted by Gasteiger charge is 2.55. The molecule has 0 spiro atoms. The number of fused-ring (bicyclic) bond motifs is 3. The lowest BCUT2D eigenvalue weighted by Gasteiger charge is -2.56. The zero-order valence-corrected chi connectivity index (χ0v) is 19.5. The first-order chi connectivity index (χ1) is 16.3. The first-order valence-electron chi connectivity index (χ1n) is 11.0. The van der Waals surface area contributed by atoms with E-state index in [9.17, 15) is 14.7 Å². The predicted molar refractivity (Wildman–Crippen MR) is 122 cm³/mol. The number of amides is 2. The van der Waals surface area contributed by atoms with Crippen LogP contribution in [0.3, 0.4) is 0 Å². The lowest BCUT2D eigenvalue weighted by atomic mass is 9.60. The van der Waals surface area contributed by atoms with Crippen molar-refractivity contribution in [1.29, 1.82) is 0 Å². The molecule has 3 N–H and O–H groups in total. The quantitative estimate of drug-likeness (QED) is 0.483. The zero-order valence-electron chi connectivity index (χ0n) is 18.8. The van der Waals surface area contributed by atoms with Gasteiger partial charge in [0.15, 0.2) is 19.0 Å². The van der Waals surface area contributed by atoms with Gasteiger partial charge < -0.3 is 30.0 Å². The van der Waals surface area contributed by atoms with Crippen LogP contribution in [0.15, 0.2) is 36.7 Å². The Morgan fingerprint density at radius 3 is 2.18 bits per heavy atom. The minimum atomic E-state index is -0.786. The van der Waals surface area contributed by atoms with E-state index in [1.807, 2.05) is 0 Å². The number of ether oxygens (including phenoxy) is 3. The number of hydrogen-bond donors (Lipinski definition) is 3. The predicted octanol–water partition coefficient (Wildman–Crippen LogP) is 1.65. The van der Waals surface area contributed by atoms with Crippen molar-refractivity contribution in [1.82, 2.24) is 20.6 Å². The van der Waals surface area contributed by atoms with Crippen molar-refractivity contribution in [3.05, 3.63) is 41.7 Å². The van der Waals surface area contributed by atoms with Gasteiger partial charge in [0, 0.05) is 10.6 Å². The molecule has 1 aromatic carbocycles. The highest BCUT2D eigenvalue weighted by Crippen LogP contribution is 2.47. The van der Waals surface area contributed by atoms with E-state index in [0.717, 1.165) is 0 Å². The molecule has 1 heterocycles. The Labute approximate surface area is 202 Å². The van der Waals surface area contributed by atoms with Crippen molar-refractivity contribution in [2.45, 2.75) is 49.3 Å². The molecule has 5 rings (SSSR count). The number of benzene rings is 1. The molecule has 2 amide bonds. The summed E-state index contributed by atoms with van der Waals surface area (Å²) in [6, 6.07) is 6.95. The van der Waals surface area contributed by atoms with Gasteiger partial charge in [0.25, 0.3) is 11.8 Å². The fourth-order valence-electron chi connectivity index (χ4n) is 4.62. The van der Waals surface area contributed by atoms with Gasteiger partial charge in [-0.3, -0.25) is 9.59 Å². The smallest absolute Gasteiger partial charge is 0.316 e. The Hall–Kier alpha value is -3.11. The standard InChI is InChI=1S/C23H27ClN4O6/c1-32-21-25-11-17(12-26-21)34-13-19(30)27-22-6-8-23(9-7-22,18(29)10-22)28-20(31)14-33-16-4-2-15(24)3-5-16/h2-5,11-12,18,29H,6-10,13-14H2,1H3,(H,27,30)(H,28,31)/t18-,22?,23?/m0/s1. The van der Waals surface area contributed by atoms with Gasteiger partial charge >= 0.3 is 6.01 Å². The van der Waals surface area contributed by atoms with Gasteiger partial charge in [-0.05, 0) is 56.4 Å². The second-order valence-electron chi connectivity index (χ2n) is 8.69. The highest BCUT2D eigenvalue weighted by atomic mass is 35.5. The SMILES string of the molecule is COc1ncc(OCC(=O)NC23CCC(NC(=O)COc4ccc(Cl)cc4)(CC2)[C@@H](O)C3)cn1. The van der Waals surface area contributed by atoms with Crippen LogP contribution in [0.25, 0.3) is 0 Å². The van der Waals surface area contributed by atoms with Crippen LogP contribution in [0.2, 0.25) is 5.02 Å². The molecule has 11 heteroatoms. The number of nitrogens with zero attached hydrogens (tertiary/aromatic N) is 2. The van der Waals surface area contributed by atoms with Crippen LogP contribution >= 0.6 is 11.6 Å². The van der Waals surface area contributed by atoms with Crippen molar-refractivity contribution < 1.29 is 28.9 Å². The summed E-state index contributed by atoms with van der Waals surface area (Å²) in [7, 11) is 1.46. The third-order valence-electron chi connectivity index (χ3n) is 6.45. The number of hydrogen-bond acceptors (Lipinski definition) is 8. The topological polar surface area (TPSA) is 132 Å². The van der Waals surface area contributed by atoms with Gasteiger partial charge in [-0.1, -0.05) is 11.6 Å². The van der Waals surface area contributed by atoms with Gasteiger partial charge in [0.1, 0.15) is 5.75 Å². The van der Waals surface area contributed by atoms with E-state index in [1.54, 1.807) is 24.3 Å². The van der Waals surface area contributed by atoms with Crippen LogP contribution in [0.1, 0.15) is 32.1 Å². The number of aliphatic hydroxyl groups excluding tert-OH is 1. The van der Waals surface area contributed by atoms with Crippen LogP contribution in [0.5, 0.6) is 17.5 Å². The number of aliphatic hydroxyl groups is 1. The summed E-state index contributed by atoms with van der Waals surface area (Å²) >= 11 is 5.85. The Balaban J connectivity index is 1.26. The molecule has 0 radical (unpaired) electrons. The summed E-state index contributed by atoms with van der Waals surface area (Å²) in [4.78, 5) is 32.9. The number of methoxy groups -OCH3 is 1. The van der Waals surface area contributed by atoms with Crippen molar-refractivity contribution in [2.75, 3.05) is 20.3 Å². The van der Waals surface area contributed by atoms with E-state index in [2.05, 4.69) is 20.6 Å². The third kappa shape index (κ3) is 5.51. The number of rotatable bonds is 9. The molecule has 3 aliphatic rings. The van der Waals surface area contributed by atoms with Crippen LogP contribution in [-0.2, 0) is 9.59 Å². The second-order valence-corrected chi connectivity index (χ2v) is 9.13. The summed E-state index contributed by atoms with van der Waals surface area (Å²) in [5, 5.41) is 17.5. The molecule has 2 bridgehead atoms. The molecule has 1 atom stereocenters. The summed E-state index contributed by atoms with van der Waals surface area (Å²) in [6.07, 6.45) is 4.79. The normalized spacial score (nSPS) is 25.3. The number of carbonyl (C=O) groups is 2. The minimum absolute atomic E-state index is 0.162. The fourth-order valence-corrected chi connectivity index (χ4v) is 4.75. The van der Waals surface area contributed by atoms with Gasteiger partial charge in [0.2, 0.25) is 0 Å². The van der Waals surface area contributed by atoms with E-state index >= 15 is 0 Å². The maximum Gasteiger partial charge on any atom is 0.316 e. The number of nitrogens with one attached hydrogen (secondary N) is 2. The maximum atomic E-state index is 12.5. The molecule has 0 unspecified atom stereocenters. The Kier molecular flexibility index (Phi) is 7.08. The first-order valence-corrected chi connectivity index (χ1v) is 11.4. The van der Waals surface area contributed by atoms with Crippen molar-refractivity contribution in [3.8, 4) is 17.5 Å². The van der Waals surface area contributed by atoms with Crippen LogP contribution < -0.4 is 24.8 Å². The average Bonchev–Trinajstić information content (AvgIpc) is 2.84. The molecule has 182 valence electrons. The molecule has 0 saturated heterocycles. The molecule has 2 aromatic rings. The maximum absolute atomic E-state index is 12.5. The van der Waals surface area contributed by atoms with Gasteiger partial charge in [-0.2, -0.15) is 9.97 Å². The zero-order chi connectivity index (χ0) is 24.2. The van der Waals surface area contributed by atoms with Gasteiger partial charge in [0.05, 0.1) is 31.1 Å². The lowest BCUT2D eigenvalue weighted by molar-refractivity contribution is -0.137. The molecule has 3 aliphatic carbocycles. The molecule has 3 saturated carbocycles. The van der Waals surface area contributed by atoms with Crippen molar-refractivity contribution >= 4 is 23.4 Å². The molecule has 1 aromatic heterocycles. The van der Waals surface area contributed by atoms with Crippen molar-refractivity contribution in [2.24, 2.45) is 0 Å². The molecule has 10 nitrogen and oxygen atoms in total. The van der Waals surface area contributed by atoms with E-state index in [0.29, 0.717) is 48.6 Å². The Morgan fingerprint density at radius 2 is 1.59 bits per heavy atom. The summed E-state index contributed by atoms with van der Waals surface area (Å²) in [6.45, 7) is -0.359. The number of halogens is 1. The van der Waals surface area contributed by atoms with Crippen LogP contribution in [0.4, 0.5) is 0 Å². The Bertz CT molecular complexity index is 1010. The summed E-state index contributed by atoms with van der Waals surface area (Å²) in [5.41, 5.74) is -1.24. The Morgan fingerprint density at radius 1 is 1.00 bits per heavy atom. The minimum Gasteiger partial charge on any atom is -0.484 e.